The van der Waals surface area contributed by atoms with Crippen LogP contribution in [0.5, 0.6) is 0 Å². The normalized spacial score (nSPS) is 16.7. The van der Waals surface area contributed by atoms with Crippen LogP contribution in [0.15, 0.2) is 34.9 Å². The van der Waals surface area contributed by atoms with Gasteiger partial charge in [0.2, 0.25) is 5.89 Å². The van der Waals surface area contributed by atoms with Crippen LogP contribution in [0.25, 0.3) is 0 Å². The predicted octanol–water partition coefficient (Wildman–Crippen LogP) is 3.98. The van der Waals surface area contributed by atoms with Gasteiger partial charge in [-0.05, 0) is 43.9 Å². The van der Waals surface area contributed by atoms with Crippen molar-refractivity contribution in [2.45, 2.75) is 45.6 Å². The van der Waals surface area contributed by atoms with Crippen molar-refractivity contribution >= 4 is 5.91 Å². The SMILES string of the molecule is CCc1[nH]nc(C(=O)N2CCCC2c2ncc(Cc3ccc(F)cc3)o2)c1C. The molecule has 7 heteroatoms. The van der Waals surface area contributed by atoms with Crippen LogP contribution in [0.2, 0.25) is 0 Å². The molecule has 0 radical (unpaired) electrons. The number of aromatic amines is 1. The minimum atomic E-state index is -0.262. The summed E-state index contributed by atoms with van der Waals surface area (Å²) in [6, 6.07) is 6.14. The Morgan fingerprint density at radius 3 is 2.86 bits per heavy atom. The van der Waals surface area contributed by atoms with Crippen LogP contribution in [-0.4, -0.2) is 32.5 Å². The number of H-pyrrole nitrogens is 1. The fraction of sp³-hybridized carbons (Fsp3) is 0.381. The van der Waals surface area contributed by atoms with Gasteiger partial charge in [0.05, 0.1) is 6.20 Å². The lowest BCUT2D eigenvalue weighted by Crippen LogP contribution is -2.31. The molecule has 28 heavy (non-hydrogen) atoms. The fourth-order valence-corrected chi connectivity index (χ4v) is 3.75. The molecule has 1 atom stereocenters. The average Bonchev–Trinajstić information content (AvgIpc) is 3.42. The second-order valence-electron chi connectivity index (χ2n) is 7.15. The molecule has 1 aliphatic heterocycles. The number of rotatable bonds is 5. The maximum atomic E-state index is 13.1. The topological polar surface area (TPSA) is 75.0 Å². The molecule has 4 rings (SSSR count). The van der Waals surface area contributed by atoms with Crippen molar-refractivity contribution in [3.63, 3.8) is 0 Å². The zero-order valence-electron chi connectivity index (χ0n) is 16.0. The van der Waals surface area contributed by atoms with Crippen molar-refractivity contribution in [1.82, 2.24) is 20.1 Å². The van der Waals surface area contributed by atoms with Crippen molar-refractivity contribution in [2.24, 2.45) is 0 Å². The highest BCUT2D eigenvalue weighted by atomic mass is 19.1. The lowest BCUT2D eigenvalue weighted by atomic mass is 10.1. The number of benzene rings is 1. The predicted molar refractivity (Wildman–Crippen MR) is 101 cm³/mol. The summed E-state index contributed by atoms with van der Waals surface area (Å²) in [6.07, 6.45) is 4.74. The summed E-state index contributed by atoms with van der Waals surface area (Å²) in [5.74, 6) is 0.897. The molecule has 0 aliphatic carbocycles. The fourth-order valence-electron chi connectivity index (χ4n) is 3.75. The van der Waals surface area contributed by atoms with Gasteiger partial charge in [-0.2, -0.15) is 5.10 Å². The Hall–Kier alpha value is -2.96. The van der Waals surface area contributed by atoms with Crippen molar-refractivity contribution in [2.75, 3.05) is 6.54 Å². The summed E-state index contributed by atoms with van der Waals surface area (Å²) in [4.78, 5) is 19.3. The second-order valence-corrected chi connectivity index (χ2v) is 7.15. The Morgan fingerprint density at radius 2 is 2.14 bits per heavy atom. The molecule has 6 nitrogen and oxygen atoms in total. The van der Waals surface area contributed by atoms with Gasteiger partial charge in [0.15, 0.2) is 5.69 Å². The zero-order chi connectivity index (χ0) is 19.7. The lowest BCUT2D eigenvalue weighted by molar-refractivity contribution is 0.0708. The minimum absolute atomic E-state index is 0.0887. The van der Waals surface area contributed by atoms with E-state index in [1.54, 1.807) is 23.2 Å². The number of halogens is 1. The summed E-state index contributed by atoms with van der Waals surface area (Å²) in [6.45, 7) is 4.61. The van der Waals surface area contributed by atoms with Crippen LogP contribution in [-0.2, 0) is 12.8 Å². The van der Waals surface area contributed by atoms with Gasteiger partial charge < -0.3 is 9.32 Å². The van der Waals surface area contributed by atoms with Crippen molar-refractivity contribution in [1.29, 1.82) is 0 Å². The first-order valence-electron chi connectivity index (χ1n) is 9.60. The first kappa shape index (κ1) is 18.4. The largest absolute Gasteiger partial charge is 0.443 e. The Kier molecular flexibility index (Phi) is 4.98. The molecule has 3 aromatic rings. The Bertz CT molecular complexity index is 977. The third kappa shape index (κ3) is 3.44. The highest BCUT2D eigenvalue weighted by molar-refractivity contribution is 5.94. The van der Waals surface area contributed by atoms with Gasteiger partial charge in [-0.15, -0.1) is 0 Å². The molecule has 1 aliphatic rings. The molecular formula is C21H23FN4O2. The van der Waals surface area contributed by atoms with Crippen LogP contribution in [0.1, 0.15) is 64.8 Å². The summed E-state index contributed by atoms with van der Waals surface area (Å²) < 4.78 is 19.0. The molecule has 1 N–H and O–H groups in total. The molecule has 1 saturated heterocycles. The Labute approximate surface area is 162 Å². The summed E-state index contributed by atoms with van der Waals surface area (Å²) >= 11 is 0. The number of carbonyl (C=O) groups is 1. The summed E-state index contributed by atoms with van der Waals surface area (Å²) in [5.41, 5.74) is 3.31. The summed E-state index contributed by atoms with van der Waals surface area (Å²) in [7, 11) is 0. The number of amides is 1. The van der Waals surface area contributed by atoms with E-state index in [1.807, 2.05) is 13.8 Å². The average molecular weight is 382 g/mol. The van der Waals surface area contributed by atoms with Crippen LogP contribution < -0.4 is 0 Å². The van der Waals surface area contributed by atoms with E-state index in [0.717, 1.165) is 36.1 Å². The third-order valence-corrected chi connectivity index (χ3v) is 5.33. The van der Waals surface area contributed by atoms with Crippen LogP contribution in [0.4, 0.5) is 4.39 Å². The number of aromatic nitrogens is 3. The lowest BCUT2D eigenvalue weighted by Gasteiger charge is -2.21. The van der Waals surface area contributed by atoms with Gasteiger partial charge in [-0.3, -0.25) is 9.89 Å². The van der Waals surface area contributed by atoms with E-state index < -0.39 is 0 Å². The Balaban J connectivity index is 1.52. The standard InChI is InChI=1S/C21H23FN4O2/c1-3-17-13(2)19(25-24-17)21(27)26-10-4-5-18(26)20-23-12-16(28-20)11-14-6-8-15(22)9-7-14/h6-9,12,18H,3-5,10-11H2,1-2H3,(H,24,25). The number of hydrogen-bond donors (Lipinski definition) is 1. The molecule has 1 unspecified atom stereocenters. The minimum Gasteiger partial charge on any atom is -0.443 e. The van der Waals surface area contributed by atoms with Gasteiger partial charge in [0.25, 0.3) is 5.91 Å². The molecule has 1 amide bonds. The molecule has 0 bridgehead atoms. The maximum Gasteiger partial charge on any atom is 0.275 e. The highest BCUT2D eigenvalue weighted by Crippen LogP contribution is 2.33. The van der Waals surface area contributed by atoms with Gasteiger partial charge in [0.1, 0.15) is 17.6 Å². The number of nitrogens with zero attached hydrogens (tertiary/aromatic N) is 3. The smallest absolute Gasteiger partial charge is 0.275 e. The van der Waals surface area contributed by atoms with Crippen molar-refractivity contribution in [3.8, 4) is 0 Å². The number of nitrogens with one attached hydrogen (secondary N) is 1. The molecule has 146 valence electrons. The van der Waals surface area contributed by atoms with Crippen LogP contribution in [0.3, 0.4) is 0 Å². The Morgan fingerprint density at radius 1 is 1.36 bits per heavy atom. The van der Waals surface area contributed by atoms with Crippen molar-refractivity contribution in [3.05, 3.63) is 70.4 Å². The van der Waals surface area contributed by atoms with Gasteiger partial charge in [0, 0.05) is 24.2 Å². The highest BCUT2D eigenvalue weighted by Gasteiger charge is 2.35. The monoisotopic (exact) mass is 382 g/mol. The molecule has 2 aromatic heterocycles. The van der Waals surface area contributed by atoms with E-state index in [9.17, 15) is 9.18 Å². The zero-order valence-corrected chi connectivity index (χ0v) is 16.0. The quantitative estimate of drug-likeness (QED) is 0.724. The van der Waals surface area contributed by atoms with Gasteiger partial charge >= 0.3 is 0 Å². The third-order valence-electron chi connectivity index (χ3n) is 5.33. The van der Waals surface area contributed by atoms with E-state index in [4.69, 9.17) is 4.42 Å². The molecule has 3 heterocycles. The molecule has 0 spiro atoms. The molecule has 0 saturated carbocycles. The number of likely N-dealkylation sites (tertiary alicyclic amines) is 1. The van der Waals surface area contributed by atoms with Gasteiger partial charge in [-0.1, -0.05) is 19.1 Å². The first-order valence-corrected chi connectivity index (χ1v) is 9.60. The van der Waals surface area contributed by atoms with Gasteiger partial charge in [-0.25, -0.2) is 9.37 Å². The number of carbonyl (C=O) groups excluding carboxylic acids is 1. The van der Waals surface area contributed by atoms with Crippen LogP contribution >= 0.6 is 0 Å². The molecular weight excluding hydrogens is 359 g/mol. The second kappa shape index (κ2) is 7.58. The number of aryl methyl sites for hydroxylation is 1. The summed E-state index contributed by atoms with van der Waals surface area (Å²) in [5, 5.41) is 7.18. The van der Waals surface area contributed by atoms with E-state index in [1.165, 1.54) is 12.1 Å². The van der Waals surface area contributed by atoms with E-state index in [0.29, 0.717) is 30.3 Å². The van der Waals surface area contributed by atoms with E-state index >= 15 is 0 Å². The van der Waals surface area contributed by atoms with Crippen LogP contribution in [0, 0.1) is 12.7 Å². The van der Waals surface area contributed by atoms with E-state index in [-0.39, 0.29) is 17.8 Å². The number of oxazole rings is 1. The van der Waals surface area contributed by atoms with Crippen molar-refractivity contribution < 1.29 is 13.6 Å². The van der Waals surface area contributed by atoms with E-state index in [2.05, 4.69) is 15.2 Å². The first-order chi connectivity index (χ1) is 13.6. The number of hydrogen-bond acceptors (Lipinski definition) is 4. The molecule has 1 fully saturated rings. The maximum absolute atomic E-state index is 13.1. The molecule has 1 aromatic carbocycles.